The number of carbonyl (C=O) groups is 1. The Morgan fingerprint density at radius 2 is 1.48 bits per heavy atom. The zero-order valence-electron chi connectivity index (χ0n) is 12.6. The van der Waals surface area contributed by atoms with Crippen molar-refractivity contribution < 1.29 is 30.0 Å². The van der Waals surface area contributed by atoms with Crippen LogP contribution in [0.2, 0.25) is 0 Å². The second kappa shape index (κ2) is 8.38. The van der Waals surface area contributed by atoms with E-state index in [9.17, 15) is 26.4 Å². The minimum absolute atomic E-state index is 0.192. The largest absolute Gasteiger partial charge is 0.572 e. The van der Waals surface area contributed by atoms with Crippen LogP contribution in [0.3, 0.4) is 0 Å². The van der Waals surface area contributed by atoms with Gasteiger partial charge in [-0.05, 0) is 30.1 Å². The third-order valence-electron chi connectivity index (χ3n) is 2.78. The van der Waals surface area contributed by atoms with Gasteiger partial charge in [-0.25, -0.2) is 0 Å². The van der Waals surface area contributed by atoms with Crippen molar-refractivity contribution in [3.8, 4) is 0 Å². The Kier molecular flexibility index (Phi) is 8.27. The molecular formula is C12H24F3O4S2+. The lowest BCUT2D eigenvalue weighted by Crippen LogP contribution is -2.34. The van der Waals surface area contributed by atoms with Crippen LogP contribution in [0.4, 0.5) is 13.2 Å². The van der Waals surface area contributed by atoms with Gasteiger partial charge in [-0.2, -0.15) is 13.2 Å². The Morgan fingerprint density at radius 3 is 1.76 bits per heavy atom. The number of alkyl halides is 3. The highest BCUT2D eigenvalue weighted by molar-refractivity contribution is 8.32. The number of carbonyl (C=O) groups excluding carboxylic acids is 1. The third-order valence-corrected chi connectivity index (χ3v) is 8.45. The van der Waals surface area contributed by atoms with Crippen LogP contribution in [0.5, 0.6) is 0 Å². The molecule has 0 bridgehead atoms. The maximum atomic E-state index is 12.6. The lowest BCUT2D eigenvalue weighted by atomic mass is 10.4. The minimum atomic E-state index is -5.55. The Bertz CT molecular complexity index is 424. The second-order valence-electron chi connectivity index (χ2n) is 4.96. The Morgan fingerprint density at radius 1 is 1.05 bits per heavy atom. The van der Waals surface area contributed by atoms with Gasteiger partial charge >= 0.3 is 15.6 Å². The first-order valence-corrected chi connectivity index (χ1v) is 10.3. The summed E-state index contributed by atoms with van der Waals surface area (Å²) in [5.74, 6) is -0.0163. The van der Waals surface area contributed by atoms with Crippen LogP contribution in [0.1, 0.15) is 46.5 Å². The Labute approximate surface area is 126 Å². The van der Waals surface area contributed by atoms with E-state index in [1.54, 1.807) is 0 Å². The molecule has 0 unspecified atom stereocenters. The molecule has 0 aromatic carbocycles. The first kappa shape index (κ1) is 20.7. The van der Waals surface area contributed by atoms with Crippen molar-refractivity contribution in [1.82, 2.24) is 0 Å². The van der Waals surface area contributed by atoms with Crippen molar-refractivity contribution in [3.05, 3.63) is 0 Å². The van der Waals surface area contributed by atoms with E-state index in [1.807, 2.05) is 13.8 Å². The van der Waals surface area contributed by atoms with Crippen molar-refractivity contribution in [1.29, 1.82) is 0 Å². The summed E-state index contributed by atoms with van der Waals surface area (Å²) >= 11 is 0. The maximum absolute atomic E-state index is 12.6. The lowest BCUT2D eigenvalue weighted by molar-refractivity contribution is -0.114. The van der Waals surface area contributed by atoms with Gasteiger partial charge < -0.3 is 0 Å². The molecule has 0 amide bonds. The van der Waals surface area contributed by atoms with Gasteiger partial charge in [0.15, 0.2) is 0 Å². The molecule has 0 atom stereocenters. The summed E-state index contributed by atoms with van der Waals surface area (Å²) in [5, 5.41) is 0. The van der Waals surface area contributed by atoms with Crippen LogP contribution in [0.25, 0.3) is 0 Å². The fourth-order valence-corrected chi connectivity index (χ4v) is 7.51. The van der Waals surface area contributed by atoms with Crippen LogP contribution in [0, 0.1) is 0 Å². The standard InChI is InChI=1S/C12H23F3O4S2/c1-4-6-8-20(9-7-5-2,10-11(3)16)19-21(17,18)12(13,14)15/h4-10H2,1-3H3/p+1. The van der Waals surface area contributed by atoms with E-state index >= 15 is 0 Å². The van der Waals surface area contributed by atoms with Crippen molar-refractivity contribution >= 4 is 26.2 Å². The Balaban J connectivity index is 5.46. The van der Waals surface area contributed by atoms with Gasteiger partial charge in [-0.15, -0.1) is 8.42 Å². The van der Waals surface area contributed by atoms with Crippen LogP contribution in [-0.4, -0.2) is 40.6 Å². The van der Waals surface area contributed by atoms with E-state index in [1.165, 1.54) is 6.92 Å². The van der Waals surface area contributed by atoms with Crippen LogP contribution in [0.15, 0.2) is 0 Å². The van der Waals surface area contributed by atoms with Gasteiger partial charge in [-0.3, -0.25) is 8.42 Å². The summed E-state index contributed by atoms with van der Waals surface area (Å²) in [4.78, 5) is 11.4. The quantitative estimate of drug-likeness (QED) is 0.340. The molecule has 4 nitrogen and oxygen atoms in total. The molecule has 0 spiro atoms. The van der Waals surface area contributed by atoms with E-state index < -0.39 is 25.9 Å². The zero-order chi connectivity index (χ0) is 16.7. The van der Waals surface area contributed by atoms with Gasteiger partial charge in [0.25, 0.3) is 0 Å². The molecule has 0 saturated carbocycles. The summed E-state index contributed by atoms with van der Waals surface area (Å²) in [6.07, 6.45) is 2.53. The van der Waals surface area contributed by atoms with Crippen molar-refractivity contribution in [2.75, 3.05) is 17.3 Å². The molecule has 0 aliphatic carbocycles. The number of halogens is 3. The fraction of sp³-hybridized carbons (Fsp3) is 0.917. The van der Waals surface area contributed by atoms with E-state index in [4.69, 9.17) is 0 Å². The topological polar surface area (TPSA) is 64.0 Å². The lowest BCUT2D eigenvalue weighted by Gasteiger charge is -2.33. The van der Waals surface area contributed by atoms with Crippen LogP contribution in [-0.2, 0) is 14.9 Å². The number of hydrogen-bond donors (Lipinski definition) is 0. The Hall–Kier alpha value is -0.280. The zero-order valence-corrected chi connectivity index (χ0v) is 14.2. The van der Waals surface area contributed by atoms with E-state index in [0.29, 0.717) is 25.7 Å². The molecule has 9 heteroatoms. The highest BCUT2D eigenvalue weighted by atomic mass is 32.3. The summed E-state index contributed by atoms with van der Waals surface area (Å²) < 4.78 is 63.8. The monoisotopic (exact) mass is 353 g/mol. The molecule has 0 aliphatic rings. The molecule has 0 fully saturated rings. The van der Waals surface area contributed by atoms with Gasteiger partial charge in [0.1, 0.15) is 5.78 Å². The summed E-state index contributed by atoms with van der Waals surface area (Å²) in [6, 6.07) is 0. The van der Waals surface area contributed by atoms with E-state index in [2.05, 4.69) is 3.63 Å². The predicted octanol–water partition coefficient (Wildman–Crippen LogP) is 3.84. The van der Waals surface area contributed by atoms with Gasteiger partial charge in [0.2, 0.25) is 0 Å². The second-order valence-corrected chi connectivity index (χ2v) is 10.1. The molecule has 0 saturated heterocycles. The molecule has 128 valence electrons. The normalized spacial score (nSPS) is 14.2. The molecule has 0 aromatic rings. The van der Waals surface area contributed by atoms with E-state index in [0.717, 1.165) is 0 Å². The SMILES string of the molecule is CCCCS(CCCC)(CC(C)=O)[OH+]S(=O)(=O)C(F)(F)F. The average Bonchev–Trinajstić information content (AvgIpc) is 2.31. The first-order chi connectivity index (χ1) is 9.49. The van der Waals surface area contributed by atoms with Crippen molar-refractivity contribution in [2.24, 2.45) is 0 Å². The van der Waals surface area contributed by atoms with E-state index in [-0.39, 0.29) is 23.0 Å². The van der Waals surface area contributed by atoms with Crippen LogP contribution >= 0.6 is 10.3 Å². The summed E-state index contributed by atoms with van der Waals surface area (Å²) in [7, 11) is -8.05. The molecule has 0 heterocycles. The molecule has 0 rings (SSSR count). The fourth-order valence-electron chi connectivity index (χ4n) is 1.80. The smallest absolute Gasteiger partial charge is 0.299 e. The number of rotatable bonds is 10. The maximum Gasteiger partial charge on any atom is 0.572 e. The highest BCUT2D eigenvalue weighted by Gasteiger charge is 2.56. The predicted molar refractivity (Wildman–Crippen MR) is 80.3 cm³/mol. The van der Waals surface area contributed by atoms with Crippen molar-refractivity contribution in [2.45, 2.75) is 52.0 Å². The van der Waals surface area contributed by atoms with Crippen LogP contribution < -0.4 is 0 Å². The van der Waals surface area contributed by atoms with Crippen molar-refractivity contribution in [3.63, 3.8) is 0 Å². The number of Topliss-reactive ketones (excluding diaryl/α,β-unsaturated/α-hetero) is 1. The highest BCUT2D eigenvalue weighted by Crippen LogP contribution is 2.51. The summed E-state index contributed by atoms with van der Waals surface area (Å²) in [6.45, 7) is 4.97. The molecule has 1 N–H and O–H groups in total. The molecular weight excluding hydrogens is 329 g/mol. The number of ketones is 1. The number of unbranched alkanes of at least 4 members (excludes halogenated alkanes) is 2. The third kappa shape index (κ3) is 7.01. The molecule has 21 heavy (non-hydrogen) atoms. The van der Waals surface area contributed by atoms with Gasteiger partial charge in [0.05, 0.1) is 5.75 Å². The molecule has 0 aromatic heterocycles. The van der Waals surface area contributed by atoms with Gasteiger partial charge in [0, 0.05) is 11.5 Å². The van der Waals surface area contributed by atoms with Gasteiger partial charge in [-0.1, -0.05) is 26.7 Å². The number of hydrogen-bond acceptors (Lipinski definition) is 3. The average molecular weight is 353 g/mol. The molecule has 0 aliphatic heterocycles. The molecule has 0 radical (unpaired) electrons. The summed E-state index contributed by atoms with van der Waals surface area (Å²) in [5.41, 5.74) is -5.40. The first-order valence-electron chi connectivity index (χ1n) is 6.81. The minimum Gasteiger partial charge on any atom is -0.299 e.